The standard InChI is InChI=1S/C29H27N5O4/c1-6-36-28-31-25-16(3)12-17(4)30-27(25)34(28)20-10-11-21-19(13-20)14-37-22-9-7-8-15(2)23(22)24(21)18(5)26-32-29(35)38-33-26/h7-13H,6,14H2,1-5H3,(H,32,33,35)/b24-18-. The van der Waals surface area contributed by atoms with E-state index in [1.807, 2.05) is 69.5 Å². The van der Waals surface area contributed by atoms with Crippen molar-refractivity contribution in [1.29, 1.82) is 0 Å². The molecule has 1 N–H and O–H groups in total. The maximum atomic E-state index is 11.8. The summed E-state index contributed by atoms with van der Waals surface area (Å²) in [6, 6.07) is 14.7. The number of allylic oxidation sites excluding steroid dienone is 1. The molecule has 9 nitrogen and oxygen atoms in total. The molecule has 0 saturated heterocycles. The van der Waals surface area contributed by atoms with Crippen molar-refractivity contribution in [2.45, 2.75) is 41.2 Å². The van der Waals surface area contributed by atoms with E-state index in [9.17, 15) is 4.79 Å². The van der Waals surface area contributed by atoms with E-state index in [0.29, 0.717) is 25.0 Å². The number of aromatic nitrogens is 5. The lowest BCUT2D eigenvalue weighted by Crippen LogP contribution is -2.05. The molecule has 0 aliphatic carbocycles. The van der Waals surface area contributed by atoms with Crippen molar-refractivity contribution in [3.05, 3.63) is 92.4 Å². The molecule has 0 radical (unpaired) electrons. The van der Waals surface area contributed by atoms with Gasteiger partial charge in [0, 0.05) is 16.8 Å². The van der Waals surface area contributed by atoms with Gasteiger partial charge in [0.05, 0.1) is 12.3 Å². The van der Waals surface area contributed by atoms with Crippen molar-refractivity contribution in [2.75, 3.05) is 6.61 Å². The second-order valence-corrected chi connectivity index (χ2v) is 9.44. The summed E-state index contributed by atoms with van der Waals surface area (Å²) in [4.78, 5) is 24.0. The van der Waals surface area contributed by atoms with Crippen LogP contribution in [0.15, 0.2) is 51.8 Å². The van der Waals surface area contributed by atoms with Crippen LogP contribution in [0.3, 0.4) is 0 Å². The molecule has 0 fully saturated rings. The zero-order valence-corrected chi connectivity index (χ0v) is 21.9. The largest absolute Gasteiger partial charge is 0.488 e. The Balaban J connectivity index is 1.61. The van der Waals surface area contributed by atoms with Crippen LogP contribution >= 0.6 is 0 Å². The molecular formula is C29H27N5O4. The van der Waals surface area contributed by atoms with Gasteiger partial charge < -0.3 is 9.47 Å². The van der Waals surface area contributed by atoms with Gasteiger partial charge in [0.25, 0.3) is 0 Å². The number of nitrogens with one attached hydrogen (secondary N) is 1. The molecule has 9 heteroatoms. The predicted molar refractivity (Wildman–Crippen MR) is 144 cm³/mol. The van der Waals surface area contributed by atoms with Gasteiger partial charge in [-0.25, -0.2) is 14.3 Å². The van der Waals surface area contributed by atoms with Crippen molar-refractivity contribution in [2.24, 2.45) is 0 Å². The molecule has 6 rings (SSSR count). The van der Waals surface area contributed by atoms with Crippen molar-refractivity contribution in [1.82, 2.24) is 24.7 Å². The molecule has 5 aromatic rings. The molecule has 0 unspecified atom stereocenters. The highest BCUT2D eigenvalue weighted by Gasteiger charge is 2.26. The normalized spacial score (nSPS) is 14.0. The SMILES string of the molecule is CCOc1nc2c(C)cc(C)nc2n1-c1ccc2c(c1)COc1cccc(C)c1/C2=C(/C)c1noc(=O)[nH]1. The van der Waals surface area contributed by atoms with Crippen LogP contribution in [0.4, 0.5) is 0 Å². The number of aromatic amines is 1. The average Bonchev–Trinajstić information content (AvgIpc) is 3.43. The Morgan fingerprint density at radius 1 is 1.11 bits per heavy atom. The number of nitrogens with zero attached hydrogens (tertiary/aromatic N) is 4. The van der Waals surface area contributed by atoms with Crippen molar-refractivity contribution < 1.29 is 14.0 Å². The zero-order chi connectivity index (χ0) is 26.6. The van der Waals surface area contributed by atoms with E-state index in [1.54, 1.807) is 0 Å². The van der Waals surface area contributed by atoms with Crippen LogP contribution in [0.2, 0.25) is 0 Å². The molecule has 0 atom stereocenters. The minimum atomic E-state index is -0.598. The van der Waals surface area contributed by atoms with Gasteiger partial charge in [0.15, 0.2) is 11.5 Å². The number of imidazole rings is 1. The van der Waals surface area contributed by atoms with E-state index < -0.39 is 5.76 Å². The van der Waals surface area contributed by atoms with Gasteiger partial charge in [0.1, 0.15) is 17.9 Å². The molecule has 1 aliphatic rings. The Kier molecular flexibility index (Phi) is 5.63. The third kappa shape index (κ3) is 3.78. The van der Waals surface area contributed by atoms with Crippen molar-refractivity contribution >= 4 is 22.3 Å². The zero-order valence-electron chi connectivity index (χ0n) is 21.9. The number of rotatable bonds is 4. The summed E-state index contributed by atoms with van der Waals surface area (Å²) >= 11 is 0. The molecule has 0 amide bonds. The molecule has 4 heterocycles. The molecule has 2 aromatic carbocycles. The highest BCUT2D eigenvalue weighted by Crippen LogP contribution is 2.43. The molecule has 192 valence electrons. The third-order valence-corrected chi connectivity index (χ3v) is 6.83. The first kappa shape index (κ1) is 23.7. The highest BCUT2D eigenvalue weighted by molar-refractivity contribution is 6.00. The highest BCUT2D eigenvalue weighted by atomic mass is 16.5. The molecule has 0 spiro atoms. The first-order valence-corrected chi connectivity index (χ1v) is 12.5. The second kappa shape index (κ2) is 9.02. The van der Waals surface area contributed by atoms with E-state index in [0.717, 1.165) is 67.3 Å². The summed E-state index contributed by atoms with van der Waals surface area (Å²) < 4.78 is 19.0. The maximum absolute atomic E-state index is 11.8. The van der Waals surface area contributed by atoms with Gasteiger partial charge in [-0.1, -0.05) is 23.4 Å². The van der Waals surface area contributed by atoms with Crippen molar-refractivity contribution in [3.8, 4) is 17.4 Å². The lowest BCUT2D eigenvalue weighted by Gasteiger charge is -2.17. The summed E-state index contributed by atoms with van der Waals surface area (Å²) in [5.41, 5.74) is 10.0. The van der Waals surface area contributed by atoms with Gasteiger partial charge in [-0.05, 0) is 86.7 Å². The first-order chi connectivity index (χ1) is 18.4. The number of benzene rings is 2. The fourth-order valence-electron chi connectivity index (χ4n) is 5.15. The minimum Gasteiger partial charge on any atom is -0.488 e. The van der Waals surface area contributed by atoms with Gasteiger partial charge in [0.2, 0.25) is 0 Å². The number of fused-ring (bicyclic) bond motifs is 3. The van der Waals surface area contributed by atoms with Crippen LogP contribution in [0.5, 0.6) is 11.8 Å². The Bertz CT molecular complexity index is 1810. The van der Waals surface area contributed by atoms with Gasteiger partial charge in [-0.15, -0.1) is 0 Å². The molecule has 38 heavy (non-hydrogen) atoms. The molecule has 1 aliphatic heterocycles. The summed E-state index contributed by atoms with van der Waals surface area (Å²) in [5, 5.41) is 3.96. The number of H-pyrrole nitrogens is 1. The predicted octanol–water partition coefficient (Wildman–Crippen LogP) is 5.29. The van der Waals surface area contributed by atoms with Crippen LogP contribution in [-0.2, 0) is 6.61 Å². The fraction of sp³-hybridized carbons (Fsp3) is 0.241. The first-order valence-electron chi connectivity index (χ1n) is 12.5. The lowest BCUT2D eigenvalue weighted by atomic mass is 9.88. The van der Waals surface area contributed by atoms with E-state index in [4.69, 9.17) is 24.0 Å². The maximum Gasteiger partial charge on any atom is 0.439 e. The van der Waals surface area contributed by atoms with E-state index in [2.05, 4.69) is 22.3 Å². The summed E-state index contributed by atoms with van der Waals surface area (Å²) in [6.07, 6.45) is 0. The van der Waals surface area contributed by atoms with E-state index >= 15 is 0 Å². The number of ether oxygens (including phenoxy) is 2. The number of hydrogen-bond acceptors (Lipinski definition) is 7. The molecular weight excluding hydrogens is 482 g/mol. The van der Waals surface area contributed by atoms with Gasteiger partial charge in [-0.3, -0.25) is 9.51 Å². The monoisotopic (exact) mass is 509 g/mol. The molecule has 3 aromatic heterocycles. The number of aryl methyl sites for hydroxylation is 3. The Morgan fingerprint density at radius 2 is 1.95 bits per heavy atom. The minimum absolute atomic E-state index is 0.355. The van der Waals surface area contributed by atoms with E-state index in [-0.39, 0.29) is 0 Å². The van der Waals surface area contributed by atoms with Gasteiger partial charge in [-0.2, -0.15) is 4.98 Å². The Morgan fingerprint density at radius 3 is 2.71 bits per heavy atom. The van der Waals surface area contributed by atoms with Crippen LogP contribution in [-0.4, -0.2) is 31.3 Å². The Hall–Kier alpha value is -4.66. The Labute approximate surface area is 218 Å². The average molecular weight is 510 g/mol. The summed E-state index contributed by atoms with van der Waals surface area (Å²) in [6.45, 7) is 10.7. The number of pyridine rings is 1. The summed E-state index contributed by atoms with van der Waals surface area (Å²) in [5.74, 6) is 0.545. The van der Waals surface area contributed by atoms with Gasteiger partial charge >= 0.3 is 11.8 Å². The number of hydrogen-bond donors (Lipinski definition) is 1. The summed E-state index contributed by atoms with van der Waals surface area (Å²) in [7, 11) is 0. The van der Waals surface area contributed by atoms with Crippen LogP contribution in [0.25, 0.3) is 28.0 Å². The third-order valence-electron chi connectivity index (χ3n) is 6.83. The second-order valence-electron chi connectivity index (χ2n) is 9.44. The lowest BCUT2D eigenvalue weighted by molar-refractivity contribution is 0.305. The fourth-order valence-corrected chi connectivity index (χ4v) is 5.15. The topological polar surface area (TPSA) is 108 Å². The molecule has 0 saturated carbocycles. The quantitative estimate of drug-likeness (QED) is 0.351. The van der Waals surface area contributed by atoms with E-state index in [1.165, 1.54) is 0 Å². The smallest absolute Gasteiger partial charge is 0.439 e. The van der Waals surface area contributed by atoms with Crippen LogP contribution in [0, 0.1) is 20.8 Å². The molecule has 0 bridgehead atoms. The van der Waals surface area contributed by atoms with Crippen LogP contribution in [0.1, 0.15) is 53.2 Å². The van der Waals surface area contributed by atoms with Crippen LogP contribution < -0.4 is 15.2 Å². The van der Waals surface area contributed by atoms with Crippen molar-refractivity contribution in [3.63, 3.8) is 0 Å².